The van der Waals surface area contributed by atoms with Crippen LogP contribution < -0.4 is 15.6 Å². The van der Waals surface area contributed by atoms with Crippen LogP contribution in [0.4, 0.5) is 10.1 Å². The summed E-state index contributed by atoms with van der Waals surface area (Å²) in [5.41, 5.74) is 1.29. The van der Waals surface area contributed by atoms with E-state index in [9.17, 15) is 14.0 Å². The number of nitrogens with one attached hydrogen (secondary N) is 1. The highest BCUT2D eigenvalue weighted by atomic mass is 32.2. The molecule has 0 aliphatic rings. The van der Waals surface area contributed by atoms with Crippen molar-refractivity contribution in [2.24, 2.45) is 0 Å². The molecule has 1 amide bonds. The van der Waals surface area contributed by atoms with Crippen LogP contribution in [0.3, 0.4) is 0 Å². The molecule has 8 heteroatoms. The van der Waals surface area contributed by atoms with Crippen molar-refractivity contribution in [3.63, 3.8) is 0 Å². The van der Waals surface area contributed by atoms with Gasteiger partial charge in [0.15, 0.2) is 5.16 Å². The number of carbonyl (C=O) groups is 1. The van der Waals surface area contributed by atoms with Crippen molar-refractivity contribution in [1.29, 1.82) is 0 Å². The largest absolute Gasteiger partial charge is 0.492 e. The summed E-state index contributed by atoms with van der Waals surface area (Å²) in [6.07, 6.45) is 0. The predicted octanol–water partition coefficient (Wildman–Crippen LogP) is 4.65. The predicted molar refractivity (Wildman–Crippen MR) is 124 cm³/mol. The fourth-order valence-corrected chi connectivity index (χ4v) is 4.01. The highest BCUT2D eigenvalue weighted by molar-refractivity contribution is 7.99. The Labute approximate surface area is 188 Å². The zero-order valence-electron chi connectivity index (χ0n) is 17.2. The average Bonchev–Trinajstić information content (AvgIpc) is 2.80. The van der Waals surface area contributed by atoms with Crippen molar-refractivity contribution in [2.45, 2.75) is 12.1 Å². The number of halogens is 1. The second-order valence-electron chi connectivity index (χ2n) is 6.79. The molecular formula is C24H20FN3O3S. The van der Waals surface area contributed by atoms with Gasteiger partial charge in [0.1, 0.15) is 11.6 Å². The molecule has 0 radical (unpaired) electrons. The van der Waals surface area contributed by atoms with Gasteiger partial charge in [-0.05, 0) is 55.5 Å². The van der Waals surface area contributed by atoms with E-state index in [-0.39, 0.29) is 17.2 Å². The van der Waals surface area contributed by atoms with E-state index in [1.807, 2.05) is 19.1 Å². The topological polar surface area (TPSA) is 73.2 Å². The number of benzene rings is 3. The van der Waals surface area contributed by atoms with E-state index in [0.29, 0.717) is 39.8 Å². The molecule has 0 spiro atoms. The molecule has 4 rings (SSSR count). The van der Waals surface area contributed by atoms with Crippen LogP contribution in [-0.4, -0.2) is 27.8 Å². The number of para-hydroxylation sites is 3. The molecule has 0 bridgehead atoms. The Morgan fingerprint density at radius 3 is 2.56 bits per heavy atom. The number of carbonyl (C=O) groups excluding carboxylic acids is 1. The van der Waals surface area contributed by atoms with Crippen LogP contribution >= 0.6 is 11.8 Å². The maximum absolute atomic E-state index is 13.4. The summed E-state index contributed by atoms with van der Waals surface area (Å²) in [5.74, 6) is -0.0698. The van der Waals surface area contributed by atoms with Crippen molar-refractivity contribution >= 4 is 34.3 Å². The van der Waals surface area contributed by atoms with Crippen LogP contribution in [0.1, 0.15) is 6.92 Å². The number of hydrogen-bond donors (Lipinski definition) is 1. The summed E-state index contributed by atoms with van der Waals surface area (Å²) in [6.45, 7) is 2.35. The fourth-order valence-electron chi connectivity index (χ4n) is 3.19. The van der Waals surface area contributed by atoms with Crippen molar-refractivity contribution in [1.82, 2.24) is 9.55 Å². The van der Waals surface area contributed by atoms with Gasteiger partial charge in [-0.3, -0.25) is 14.2 Å². The smallest absolute Gasteiger partial charge is 0.266 e. The molecule has 0 atom stereocenters. The molecule has 0 saturated carbocycles. The van der Waals surface area contributed by atoms with E-state index in [4.69, 9.17) is 4.74 Å². The van der Waals surface area contributed by atoms with Crippen LogP contribution in [-0.2, 0) is 4.79 Å². The summed E-state index contributed by atoms with van der Waals surface area (Å²) in [5, 5.41) is 3.62. The Balaban J connectivity index is 1.64. The van der Waals surface area contributed by atoms with Gasteiger partial charge in [0.2, 0.25) is 5.91 Å². The lowest BCUT2D eigenvalue weighted by Gasteiger charge is -2.14. The minimum absolute atomic E-state index is 0.0203. The second-order valence-corrected chi connectivity index (χ2v) is 7.74. The highest BCUT2D eigenvalue weighted by Gasteiger charge is 2.15. The third-order valence-corrected chi connectivity index (χ3v) is 5.56. The number of hydrogen-bond acceptors (Lipinski definition) is 5. The molecule has 3 aromatic carbocycles. The summed E-state index contributed by atoms with van der Waals surface area (Å²) >= 11 is 1.13. The first-order valence-electron chi connectivity index (χ1n) is 9.99. The van der Waals surface area contributed by atoms with Crippen molar-refractivity contribution < 1.29 is 13.9 Å². The zero-order valence-corrected chi connectivity index (χ0v) is 18.1. The molecule has 32 heavy (non-hydrogen) atoms. The maximum Gasteiger partial charge on any atom is 0.266 e. The number of rotatable bonds is 7. The number of ether oxygens (including phenoxy) is 1. The normalized spacial score (nSPS) is 10.8. The van der Waals surface area contributed by atoms with Gasteiger partial charge in [-0.1, -0.05) is 36.0 Å². The monoisotopic (exact) mass is 449 g/mol. The number of thioether (sulfide) groups is 1. The summed E-state index contributed by atoms with van der Waals surface area (Å²) < 4.78 is 20.4. The van der Waals surface area contributed by atoms with Crippen LogP contribution in [0.15, 0.2) is 82.7 Å². The van der Waals surface area contributed by atoms with Gasteiger partial charge in [-0.15, -0.1) is 0 Å². The van der Waals surface area contributed by atoms with E-state index in [2.05, 4.69) is 10.3 Å². The van der Waals surface area contributed by atoms with E-state index >= 15 is 0 Å². The summed E-state index contributed by atoms with van der Waals surface area (Å²) in [4.78, 5) is 30.4. The van der Waals surface area contributed by atoms with Gasteiger partial charge < -0.3 is 10.1 Å². The molecule has 162 valence electrons. The Morgan fingerprint density at radius 2 is 1.78 bits per heavy atom. The number of nitrogens with zero attached hydrogens (tertiary/aromatic N) is 2. The van der Waals surface area contributed by atoms with Gasteiger partial charge >= 0.3 is 0 Å². The minimum Gasteiger partial charge on any atom is -0.492 e. The average molecular weight is 450 g/mol. The van der Waals surface area contributed by atoms with Gasteiger partial charge in [-0.25, -0.2) is 9.37 Å². The summed E-state index contributed by atoms with van der Waals surface area (Å²) in [6, 6.07) is 19.7. The Morgan fingerprint density at radius 1 is 1.06 bits per heavy atom. The zero-order chi connectivity index (χ0) is 22.5. The van der Waals surface area contributed by atoms with E-state index in [1.165, 1.54) is 28.8 Å². The third kappa shape index (κ3) is 4.65. The molecule has 6 nitrogen and oxygen atoms in total. The third-order valence-electron chi connectivity index (χ3n) is 4.62. The lowest BCUT2D eigenvalue weighted by atomic mass is 10.2. The van der Waals surface area contributed by atoms with Gasteiger partial charge in [0.05, 0.1) is 34.6 Å². The molecule has 0 saturated heterocycles. The number of aromatic nitrogens is 2. The molecule has 4 aromatic rings. The Kier molecular flexibility index (Phi) is 6.51. The van der Waals surface area contributed by atoms with E-state index < -0.39 is 5.82 Å². The molecule has 1 N–H and O–H groups in total. The molecule has 1 aromatic heterocycles. The van der Waals surface area contributed by atoms with Crippen molar-refractivity contribution in [2.75, 3.05) is 17.7 Å². The molecular weight excluding hydrogens is 429 g/mol. The van der Waals surface area contributed by atoms with Crippen LogP contribution in [0.2, 0.25) is 0 Å². The van der Waals surface area contributed by atoms with E-state index in [0.717, 1.165) is 11.8 Å². The number of anilines is 1. The Hall–Kier alpha value is -3.65. The first-order valence-corrected chi connectivity index (χ1v) is 11.0. The second kappa shape index (κ2) is 9.65. The quantitative estimate of drug-likeness (QED) is 0.328. The maximum atomic E-state index is 13.4. The fraction of sp³-hybridized carbons (Fsp3) is 0.125. The van der Waals surface area contributed by atoms with Crippen LogP contribution in [0, 0.1) is 5.82 Å². The van der Waals surface area contributed by atoms with E-state index in [1.54, 1.807) is 36.4 Å². The molecule has 0 aliphatic heterocycles. The Bertz CT molecular complexity index is 1320. The highest BCUT2D eigenvalue weighted by Crippen LogP contribution is 2.25. The first kappa shape index (κ1) is 21.6. The first-order chi connectivity index (χ1) is 15.6. The van der Waals surface area contributed by atoms with Gasteiger partial charge in [0.25, 0.3) is 5.56 Å². The summed E-state index contributed by atoms with van der Waals surface area (Å²) in [7, 11) is 0. The molecule has 0 aliphatic carbocycles. The van der Waals surface area contributed by atoms with Gasteiger partial charge in [-0.2, -0.15) is 0 Å². The SMILES string of the molecule is CCOc1ccccc1NC(=O)CSc1nc2ccccc2c(=O)n1-c1ccc(F)cc1. The molecule has 0 fully saturated rings. The minimum atomic E-state index is -0.405. The number of amides is 1. The lowest BCUT2D eigenvalue weighted by molar-refractivity contribution is -0.113. The lowest BCUT2D eigenvalue weighted by Crippen LogP contribution is -2.23. The van der Waals surface area contributed by atoms with Crippen LogP contribution in [0.25, 0.3) is 16.6 Å². The van der Waals surface area contributed by atoms with Crippen LogP contribution in [0.5, 0.6) is 5.75 Å². The molecule has 0 unspecified atom stereocenters. The van der Waals surface area contributed by atoms with Gasteiger partial charge in [0, 0.05) is 0 Å². The van der Waals surface area contributed by atoms with Crippen molar-refractivity contribution in [3.05, 3.63) is 89.0 Å². The number of fused-ring (bicyclic) bond motifs is 1. The standard InChI is InChI=1S/C24H20FN3O3S/c1-2-31-21-10-6-5-9-20(21)26-22(29)15-32-24-27-19-8-4-3-7-18(19)23(30)28(24)17-13-11-16(25)12-14-17/h3-14H,2,15H2,1H3,(H,26,29). The van der Waals surface area contributed by atoms with Crippen molar-refractivity contribution in [3.8, 4) is 11.4 Å². The molecule has 1 heterocycles.